The van der Waals surface area contributed by atoms with E-state index in [2.05, 4.69) is 0 Å². The average molecular weight is 366 g/mol. The summed E-state index contributed by atoms with van der Waals surface area (Å²) in [5.74, 6) is -1.83. The number of nitro groups is 1. The predicted molar refractivity (Wildman–Crippen MR) is 88.7 cm³/mol. The Labute approximate surface area is 148 Å². The summed E-state index contributed by atoms with van der Waals surface area (Å²) in [5, 5.41) is 13.1. The monoisotopic (exact) mass is 366 g/mol. The van der Waals surface area contributed by atoms with Crippen LogP contribution in [0.15, 0.2) is 18.2 Å². The zero-order valence-corrected chi connectivity index (χ0v) is 14.0. The van der Waals surface area contributed by atoms with Gasteiger partial charge in [0.05, 0.1) is 23.7 Å². The van der Waals surface area contributed by atoms with Gasteiger partial charge in [-0.3, -0.25) is 20.2 Å². The van der Waals surface area contributed by atoms with Crippen molar-refractivity contribution in [1.29, 1.82) is 0 Å². The first kappa shape index (κ1) is 19.1. The van der Waals surface area contributed by atoms with Gasteiger partial charge < -0.3 is 20.1 Å². The van der Waals surface area contributed by atoms with Crippen molar-refractivity contribution in [3.8, 4) is 0 Å². The SMILES string of the molecule is CC(OC(=O)c1ccc(N2CCOCC2)c([N+](=O)[O-])c1)C(=O)NC(N)=O. The van der Waals surface area contributed by atoms with Crippen molar-refractivity contribution in [2.45, 2.75) is 13.0 Å². The molecule has 0 saturated carbocycles. The molecule has 3 N–H and O–H groups in total. The van der Waals surface area contributed by atoms with Crippen molar-refractivity contribution in [1.82, 2.24) is 5.32 Å². The lowest BCUT2D eigenvalue weighted by Gasteiger charge is -2.28. The number of carbonyl (C=O) groups excluding carboxylic acids is 3. The molecule has 1 aliphatic heterocycles. The van der Waals surface area contributed by atoms with Gasteiger partial charge in [-0.25, -0.2) is 9.59 Å². The second-order valence-electron chi connectivity index (χ2n) is 5.46. The topological polar surface area (TPSA) is 154 Å². The number of hydrogen-bond acceptors (Lipinski definition) is 8. The van der Waals surface area contributed by atoms with Crippen LogP contribution >= 0.6 is 0 Å². The largest absolute Gasteiger partial charge is 0.449 e. The molecule has 11 heteroatoms. The number of nitrogens with zero attached hydrogens (tertiary/aromatic N) is 2. The number of ether oxygens (including phenoxy) is 2. The number of carbonyl (C=O) groups is 3. The zero-order valence-electron chi connectivity index (χ0n) is 14.0. The van der Waals surface area contributed by atoms with Gasteiger partial charge in [0.2, 0.25) is 0 Å². The molecule has 1 fully saturated rings. The van der Waals surface area contributed by atoms with Gasteiger partial charge in [0.1, 0.15) is 5.69 Å². The number of anilines is 1. The van der Waals surface area contributed by atoms with Crippen LogP contribution in [0.4, 0.5) is 16.2 Å². The second-order valence-corrected chi connectivity index (χ2v) is 5.46. The first-order chi connectivity index (χ1) is 12.3. The number of esters is 1. The Kier molecular flexibility index (Phi) is 6.07. The van der Waals surface area contributed by atoms with Crippen molar-refractivity contribution in [3.63, 3.8) is 0 Å². The number of rotatable bonds is 5. The number of amides is 3. The van der Waals surface area contributed by atoms with Crippen LogP contribution in [0.2, 0.25) is 0 Å². The Hall–Kier alpha value is -3.21. The van der Waals surface area contributed by atoms with Crippen LogP contribution in [0.1, 0.15) is 17.3 Å². The Balaban J connectivity index is 2.17. The minimum Gasteiger partial charge on any atom is -0.449 e. The molecule has 0 spiro atoms. The Morgan fingerprint density at radius 1 is 1.35 bits per heavy atom. The molecule has 0 aliphatic carbocycles. The molecule has 1 aromatic carbocycles. The predicted octanol–water partition coefficient (Wildman–Crippen LogP) is 0.172. The summed E-state index contributed by atoms with van der Waals surface area (Å²) in [6, 6.07) is 2.84. The molecule has 1 aromatic rings. The van der Waals surface area contributed by atoms with Gasteiger partial charge in [0.15, 0.2) is 6.10 Å². The van der Waals surface area contributed by atoms with E-state index >= 15 is 0 Å². The van der Waals surface area contributed by atoms with Gasteiger partial charge in [-0.15, -0.1) is 0 Å². The summed E-state index contributed by atoms with van der Waals surface area (Å²) in [7, 11) is 0. The normalized spacial score (nSPS) is 15.0. The molecule has 140 valence electrons. The fraction of sp³-hybridized carbons (Fsp3) is 0.400. The van der Waals surface area contributed by atoms with Crippen molar-refractivity contribution in [3.05, 3.63) is 33.9 Å². The highest BCUT2D eigenvalue weighted by atomic mass is 16.6. The Morgan fingerprint density at radius 3 is 2.58 bits per heavy atom. The van der Waals surface area contributed by atoms with Crippen LogP contribution in [0.5, 0.6) is 0 Å². The van der Waals surface area contributed by atoms with Crippen molar-refractivity contribution in [2.24, 2.45) is 5.73 Å². The molecule has 11 nitrogen and oxygen atoms in total. The van der Waals surface area contributed by atoms with Crippen LogP contribution in [0.3, 0.4) is 0 Å². The molecule has 0 aromatic heterocycles. The minimum atomic E-state index is -1.30. The third-order valence-corrected chi connectivity index (χ3v) is 3.66. The van der Waals surface area contributed by atoms with Crippen molar-refractivity contribution in [2.75, 3.05) is 31.2 Å². The number of urea groups is 1. The summed E-state index contributed by atoms with van der Waals surface area (Å²) < 4.78 is 10.1. The number of nitrogens with one attached hydrogen (secondary N) is 1. The summed E-state index contributed by atoms with van der Waals surface area (Å²) in [5.41, 5.74) is 4.84. The van der Waals surface area contributed by atoms with Crippen LogP contribution in [-0.4, -0.2) is 55.2 Å². The van der Waals surface area contributed by atoms with E-state index in [1.54, 1.807) is 10.2 Å². The van der Waals surface area contributed by atoms with Gasteiger partial charge in [-0.1, -0.05) is 0 Å². The number of primary amides is 1. The molecule has 2 rings (SSSR count). The van der Waals surface area contributed by atoms with Crippen LogP contribution in [0.25, 0.3) is 0 Å². The lowest BCUT2D eigenvalue weighted by Crippen LogP contribution is -2.42. The lowest BCUT2D eigenvalue weighted by atomic mass is 10.1. The summed E-state index contributed by atoms with van der Waals surface area (Å²) in [6.07, 6.45) is -1.30. The lowest BCUT2D eigenvalue weighted by molar-refractivity contribution is -0.384. The molecule has 1 atom stereocenters. The molecule has 26 heavy (non-hydrogen) atoms. The summed E-state index contributed by atoms with van der Waals surface area (Å²) in [4.78, 5) is 46.9. The maximum absolute atomic E-state index is 12.1. The van der Waals surface area contributed by atoms with Crippen LogP contribution in [0, 0.1) is 10.1 Å². The average Bonchev–Trinajstić information content (AvgIpc) is 2.61. The fourth-order valence-corrected chi connectivity index (χ4v) is 2.37. The molecular weight excluding hydrogens is 348 g/mol. The Bertz CT molecular complexity index is 731. The third-order valence-electron chi connectivity index (χ3n) is 3.66. The molecule has 3 amide bonds. The number of benzene rings is 1. The van der Waals surface area contributed by atoms with Gasteiger partial charge in [0, 0.05) is 19.2 Å². The standard InChI is InChI=1S/C15H18N4O7/c1-9(13(20)17-15(16)22)26-14(21)10-2-3-11(12(8-10)19(23)24)18-4-6-25-7-5-18/h2-3,8-9H,4-7H2,1H3,(H3,16,17,20,22). The van der Waals surface area contributed by atoms with Crippen molar-refractivity contribution < 1.29 is 28.8 Å². The van der Waals surface area contributed by atoms with Gasteiger partial charge >= 0.3 is 12.0 Å². The van der Waals surface area contributed by atoms with E-state index in [0.717, 1.165) is 6.07 Å². The first-order valence-corrected chi connectivity index (χ1v) is 7.72. The maximum Gasteiger partial charge on any atom is 0.339 e. The number of imide groups is 1. The van der Waals surface area contributed by atoms with E-state index in [4.69, 9.17) is 15.2 Å². The van der Waals surface area contributed by atoms with Gasteiger partial charge in [-0.2, -0.15) is 0 Å². The molecule has 0 radical (unpaired) electrons. The molecule has 1 saturated heterocycles. The quantitative estimate of drug-likeness (QED) is 0.425. The first-order valence-electron chi connectivity index (χ1n) is 7.72. The fourth-order valence-electron chi connectivity index (χ4n) is 2.37. The highest BCUT2D eigenvalue weighted by molar-refractivity contribution is 5.98. The van der Waals surface area contributed by atoms with E-state index < -0.39 is 28.9 Å². The number of nitrogens with two attached hydrogens (primary N) is 1. The third kappa shape index (κ3) is 4.66. The van der Waals surface area contributed by atoms with E-state index in [1.165, 1.54) is 19.1 Å². The molecular formula is C15H18N4O7. The number of nitro benzene ring substituents is 1. The molecule has 1 aliphatic rings. The van der Waals surface area contributed by atoms with E-state index in [9.17, 15) is 24.5 Å². The van der Waals surface area contributed by atoms with E-state index in [-0.39, 0.29) is 11.3 Å². The van der Waals surface area contributed by atoms with E-state index in [1.807, 2.05) is 0 Å². The smallest absolute Gasteiger partial charge is 0.339 e. The summed E-state index contributed by atoms with van der Waals surface area (Å²) in [6.45, 7) is 3.14. The zero-order chi connectivity index (χ0) is 19.3. The molecule has 1 unspecified atom stereocenters. The molecule has 0 bridgehead atoms. The Morgan fingerprint density at radius 2 is 2.00 bits per heavy atom. The van der Waals surface area contributed by atoms with Crippen molar-refractivity contribution >= 4 is 29.3 Å². The number of morpholine rings is 1. The number of hydrogen-bond donors (Lipinski definition) is 2. The van der Waals surface area contributed by atoms with Crippen LogP contribution in [-0.2, 0) is 14.3 Å². The van der Waals surface area contributed by atoms with Crippen LogP contribution < -0.4 is 16.0 Å². The highest BCUT2D eigenvalue weighted by Crippen LogP contribution is 2.30. The maximum atomic E-state index is 12.1. The second kappa shape index (κ2) is 8.25. The van der Waals surface area contributed by atoms with E-state index in [0.29, 0.717) is 32.0 Å². The highest BCUT2D eigenvalue weighted by Gasteiger charge is 2.25. The summed E-state index contributed by atoms with van der Waals surface area (Å²) >= 11 is 0. The van der Waals surface area contributed by atoms with Gasteiger partial charge in [-0.05, 0) is 19.1 Å². The minimum absolute atomic E-state index is 0.0903. The molecule has 1 heterocycles. The van der Waals surface area contributed by atoms with Gasteiger partial charge in [0.25, 0.3) is 11.6 Å².